The molecule has 1 fully saturated rings. The number of piperidine rings is 1. The van der Waals surface area contributed by atoms with Gasteiger partial charge in [-0.1, -0.05) is 24.3 Å². The monoisotopic (exact) mass is 395 g/mol. The number of guanidine groups is 1. The van der Waals surface area contributed by atoms with Crippen LogP contribution in [-0.2, 0) is 6.54 Å². The van der Waals surface area contributed by atoms with Gasteiger partial charge in [0.05, 0.1) is 12.6 Å². The Morgan fingerprint density at radius 3 is 2.62 bits per heavy atom. The molecule has 0 aliphatic carbocycles. The van der Waals surface area contributed by atoms with E-state index >= 15 is 0 Å². The molecule has 1 aromatic carbocycles. The van der Waals surface area contributed by atoms with Crippen molar-refractivity contribution in [3.8, 4) is 0 Å². The van der Waals surface area contributed by atoms with E-state index in [1.807, 2.05) is 12.1 Å². The van der Waals surface area contributed by atoms with Crippen LogP contribution in [0.2, 0.25) is 0 Å². The summed E-state index contributed by atoms with van der Waals surface area (Å²) >= 11 is 0. The molecule has 6 nitrogen and oxygen atoms in total. The average molecular weight is 396 g/mol. The Labute approximate surface area is 174 Å². The summed E-state index contributed by atoms with van der Waals surface area (Å²) in [5, 5.41) is 17.2. The molecule has 29 heavy (non-hydrogen) atoms. The number of hydrogen-bond acceptors (Lipinski definition) is 4. The summed E-state index contributed by atoms with van der Waals surface area (Å²) in [6.45, 7) is 8.53. The van der Waals surface area contributed by atoms with Crippen molar-refractivity contribution in [2.24, 2.45) is 4.99 Å². The van der Waals surface area contributed by atoms with Gasteiger partial charge in [0.15, 0.2) is 5.96 Å². The zero-order chi connectivity index (χ0) is 20.5. The number of pyridine rings is 1. The van der Waals surface area contributed by atoms with E-state index in [0.717, 1.165) is 50.5 Å². The summed E-state index contributed by atoms with van der Waals surface area (Å²) < 4.78 is 0. The molecule has 2 aromatic rings. The average Bonchev–Trinajstić information content (AvgIpc) is 2.75. The van der Waals surface area contributed by atoms with Crippen molar-refractivity contribution >= 4 is 5.96 Å². The highest BCUT2D eigenvalue weighted by Crippen LogP contribution is 2.16. The molecule has 1 atom stereocenters. The number of aromatic nitrogens is 1. The number of nitrogens with one attached hydrogen (secondary N) is 2. The maximum atomic E-state index is 10.3. The van der Waals surface area contributed by atoms with Gasteiger partial charge in [-0.3, -0.25) is 14.9 Å². The highest BCUT2D eigenvalue weighted by Gasteiger charge is 2.20. The number of aliphatic hydroxyl groups is 1. The van der Waals surface area contributed by atoms with E-state index in [4.69, 9.17) is 0 Å². The highest BCUT2D eigenvalue weighted by molar-refractivity contribution is 5.80. The third-order valence-corrected chi connectivity index (χ3v) is 5.44. The van der Waals surface area contributed by atoms with E-state index in [9.17, 15) is 5.11 Å². The molecule has 0 bridgehead atoms. The van der Waals surface area contributed by atoms with Gasteiger partial charge in [-0.05, 0) is 55.5 Å². The molecule has 0 saturated carbocycles. The molecule has 0 amide bonds. The predicted octanol–water partition coefficient (Wildman–Crippen LogP) is 2.64. The lowest BCUT2D eigenvalue weighted by molar-refractivity contribution is 0.186. The van der Waals surface area contributed by atoms with Crippen LogP contribution in [0.1, 0.15) is 42.6 Å². The first kappa shape index (κ1) is 21.3. The molecule has 1 unspecified atom stereocenters. The van der Waals surface area contributed by atoms with Crippen molar-refractivity contribution in [2.45, 2.75) is 45.4 Å². The number of aliphatic hydroxyl groups excluding tert-OH is 1. The lowest BCUT2D eigenvalue weighted by Gasteiger charge is -2.33. The second kappa shape index (κ2) is 10.9. The van der Waals surface area contributed by atoms with Crippen molar-refractivity contribution < 1.29 is 5.11 Å². The van der Waals surface area contributed by atoms with E-state index < -0.39 is 6.10 Å². The van der Waals surface area contributed by atoms with Crippen LogP contribution >= 0.6 is 0 Å². The Morgan fingerprint density at radius 2 is 1.93 bits per heavy atom. The molecule has 2 heterocycles. The van der Waals surface area contributed by atoms with Gasteiger partial charge < -0.3 is 15.7 Å². The summed E-state index contributed by atoms with van der Waals surface area (Å²) in [6.07, 6.45) is 4.93. The lowest BCUT2D eigenvalue weighted by atomic mass is 10.0. The summed E-state index contributed by atoms with van der Waals surface area (Å²) in [4.78, 5) is 11.1. The zero-order valence-corrected chi connectivity index (χ0v) is 17.5. The number of nitrogens with zero attached hydrogens (tertiary/aromatic N) is 3. The molecule has 156 valence electrons. The quantitative estimate of drug-likeness (QED) is 0.497. The SMILES string of the molecule is CCNC(=NCC(O)c1ccncc1)NC1CCN(Cc2ccccc2C)CC1. The number of likely N-dealkylation sites (tertiary alicyclic amines) is 1. The smallest absolute Gasteiger partial charge is 0.191 e. The summed E-state index contributed by atoms with van der Waals surface area (Å²) in [5.41, 5.74) is 3.62. The first-order valence-electron chi connectivity index (χ1n) is 10.6. The van der Waals surface area contributed by atoms with Crippen molar-refractivity contribution in [2.75, 3.05) is 26.2 Å². The standard InChI is InChI=1S/C23H33N5O/c1-3-25-23(26-16-22(29)19-8-12-24-13-9-19)27-21-10-14-28(15-11-21)17-20-7-5-4-6-18(20)2/h4-9,12-13,21-22,29H,3,10-11,14-17H2,1-2H3,(H2,25,26,27). The minimum absolute atomic E-state index is 0.325. The fourth-order valence-corrected chi connectivity index (χ4v) is 3.65. The maximum Gasteiger partial charge on any atom is 0.191 e. The van der Waals surface area contributed by atoms with Gasteiger partial charge in [0.2, 0.25) is 0 Å². The molecule has 3 rings (SSSR count). The Kier molecular flexibility index (Phi) is 8.02. The lowest BCUT2D eigenvalue weighted by Crippen LogP contribution is -2.48. The molecule has 1 saturated heterocycles. The van der Waals surface area contributed by atoms with Crippen LogP contribution in [0.25, 0.3) is 0 Å². The molecule has 1 aliphatic rings. The van der Waals surface area contributed by atoms with E-state index in [1.165, 1.54) is 11.1 Å². The zero-order valence-electron chi connectivity index (χ0n) is 17.5. The highest BCUT2D eigenvalue weighted by atomic mass is 16.3. The normalized spacial score (nSPS) is 17.1. The summed E-state index contributed by atoms with van der Waals surface area (Å²) in [7, 11) is 0. The molecule has 0 radical (unpaired) electrons. The van der Waals surface area contributed by atoms with Crippen molar-refractivity contribution in [3.05, 3.63) is 65.5 Å². The fourth-order valence-electron chi connectivity index (χ4n) is 3.65. The molecule has 0 spiro atoms. The van der Waals surface area contributed by atoms with Gasteiger partial charge in [0.25, 0.3) is 0 Å². The second-order valence-electron chi connectivity index (χ2n) is 7.64. The number of aliphatic imine (C=N–C) groups is 1. The first-order valence-corrected chi connectivity index (χ1v) is 10.6. The summed E-state index contributed by atoms with van der Waals surface area (Å²) in [6, 6.07) is 12.7. The fraction of sp³-hybridized carbons (Fsp3) is 0.478. The molecule has 1 aliphatic heterocycles. The van der Waals surface area contributed by atoms with E-state index in [2.05, 4.69) is 63.6 Å². The third kappa shape index (κ3) is 6.54. The number of benzene rings is 1. The predicted molar refractivity (Wildman–Crippen MR) is 118 cm³/mol. The van der Waals surface area contributed by atoms with Crippen molar-refractivity contribution in [1.29, 1.82) is 0 Å². The van der Waals surface area contributed by atoms with Crippen molar-refractivity contribution in [3.63, 3.8) is 0 Å². The van der Waals surface area contributed by atoms with Crippen LogP contribution < -0.4 is 10.6 Å². The maximum absolute atomic E-state index is 10.3. The van der Waals surface area contributed by atoms with Gasteiger partial charge in [-0.25, -0.2) is 0 Å². The Hall–Kier alpha value is -2.44. The van der Waals surface area contributed by atoms with Crippen LogP contribution in [-0.4, -0.2) is 53.2 Å². The van der Waals surface area contributed by atoms with Gasteiger partial charge in [0.1, 0.15) is 0 Å². The van der Waals surface area contributed by atoms with E-state index in [-0.39, 0.29) is 0 Å². The molecule has 3 N–H and O–H groups in total. The van der Waals surface area contributed by atoms with Gasteiger partial charge in [-0.2, -0.15) is 0 Å². The minimum atomic E-state index is -0.621. The minimum Gasteiger partial charge on any atom is -0.386 e. The number of hydrogen-bond donors (Lipinski definition) is 3. The van der Waals surface area contributed by atoms with Gasteiger partial charge in [0, 0.05) is 44.6 Å². The van der Waals surface area contributed by atoms with E-state index in [1.54, 1.807) is 12.4 Å². The summed E-state index contributed by atoms with van der Waals surface area (Å²) in [5.74, 6) is 0.776. The Morgan fingerprint density at radius 1 is 1.21 bits per heavy atom. The second-order valence-corrected chi connectivity index (χ2v) is 7.64. The van der Waals surface area contributed by atoms with Crippen molar-refractivity contribution in [1.82, 2.24) is 20.5 Å². The van der Waals surface area contributed by atoms with Gasteiger partial charge in [-0.15, -0.1) is 0 Å². The largest absolute Gasteiger partial charge is 0.386 e. The van der Waals surface area contributed by atoms with Crippen LogP contribution in [0.4, 0.5) is 0 Å². The topological polar surface area (TPSA) is 72.8 Å². The van der Waals surface area contributed by atoms with Crippen LogP contribution in [0.5, 0.6) is 0 Å². The van der Waals surface area contributed by atoms with Crippen LogP contribution in [0.15, 0.2) is 53.8 Å². The molecule has 1 aromatic heterocycles. The Balaban J connectivity index is 1.49. The molecule has 6 heteroatoms. The molecular formula is C23H33N5O. The third-order valence-electron chi connectivity index (χ3n) is 5.44. The van der Waals surface area contributed by atoms with E-state index in [0.29, 0.717) is 12.6 Å². The van der Waals surface area contributed by atoms with Crippen LogP contribution in [0.3, 0.4) is 0 Å². The Bertz CT molecular complexity index is 772. The van der Waals surface area contributed by atoms with Gasteiger partial charge >= 0.3 is 0 Å². The number of rotatable bonds is 7. The van der Waals surface area contributed by atoms with Crippen LogP contribution in [0, 0.1) is 6.92 Å². The number of aryl methyl sites for hydroxylation is 1. The first-order chi connectivity index (χ1) is 14.2. The molecular weight excluding hydrogens is 362 g/mol.